The molecule has 6 nitrogen and oxygen atoms in total. The number of amides is 1. The fourth-order valence-corrected chi connectivity index (χ4v) is 7.99. The number of carbonyl (C=O) groups excluding carboxylic acids is 1. The zero-order valence-corrected chi connectivity index (χ0v) is 19.1. The number of hydrogen-bond acceptors (Lipinski definition) is 4. The summed E-state index contributed by atoms with van der Waals surface area (Å²) in [5.41, 5.74) is 4.18. The van der Waals surface area contributed by atoms with Gasteiger partial charge in [0.15, 0.2) is 0 Å². The standard InChI is InChI=1S/C25H35N4O2/c1-24-10-8-20-19-5-4-18(31-23(30)28-15-25(16-28)13-27(2)14-25)12-17(19)9-11-29(20,3)22(24)7-6-21(24)26/h4-5,12,20,22,26H,6-11,13-16H2,1-3H3/q+1. The molecule has 166 valence electrons. The fraction of sp³-hybridized carbons (Fsp3) is 0.680. The predicted molar refractivity (Wildman–Crippen MR) is 120 cm³/mol. The maximum absolute atomic E-state index is 12.6. The fourth-order valence-electron chi connectivity index (χ4n) is 7.99. The molecule has 4 fully saturated rings. The van der Waals surface area contributed by atoms with Crippen LogP contribution in [0.3, 0.4) is 0 Å². The Balaban J connectivity index is 1.18. The van der Waals surface area contributed by atoms with E-state index < -0.39 is 0 Å². The SMILES string of the molecule is CN1CC2(C1)CN(C(=O)Oc1ccc3c(c1)CC[N+]1(C)C3CCC3(C)C(=N)CCC31)C2. The lowest BCUT2D eigenvalue weighted by Gasteiger charge is -2.58. The van der Waals surface area contributed by atoms with E-state index in [1.807, 2.05) is 11.0 Å². The zero-order valence-electron chi connectivity index (χ0n) is 19.1. The van der Waals surface area contributed by atoms with E-state index in [9.17, 15) is 4.79 Å². The molecule has 1 aliphatic carbocycles. The van der Waals surface area contributed by atoms with Gasteiger partial charge in [0.05, 0.1) is 19.0 Å². The van der Waals surface area contributed by atoms with Gasteiger partial charge in [-0.1, -0.05) is 0 Å². The highest BCUT2D eigenvalue weighted by Gasteiger charge is 2.60. The van der Waals surface area contributed by atoms with Crippen LogP contribution in [0.2, 0.25) is 0 Å². The zero-order chi connectivity index (χ0) is 21.6. The van der Waals surface area contributed by atoms with Crippen LogP contribution in [0.5, 0.6) is 5.75 Å². The molecular formula is C25H35N4O2+. The highest BCUT2D eigenvalue weighted by Crippen LogP contribution is 2.56. The Morgan fingerprint density at radius 3 is 2.71 bits per heavy atom. The van der Waals surface area contributed by atoms with Crippen LogP contribution in [-0.4, -0.2) is 78.9 Å². The van der Waals surface area contributed by atoms with Crippen molar-refractivity contribution in [2.24, 2.45) is 10.8 Å². The van der Waals surface area contributed by atoms with E-state index >= 15 is 0 Å². The van der Waals surface area contributed by atoms with E-state index in [0.717, 1.165) is 75.0 Å². The second-order valence-corrected chi connectivity index (χ2v) is 11.6. The number of carbonyl (C=O) groups is 1. The van der Waals surface area contributed by atoms with Crippen LogP contribution in [0, 0.1) is 16.2 Å². The number of benzene rings is 1. The molecule has 6 rings (SSSR count). The van der Waals surface area contributed by atoms with Crippen LogP contribution >= 0.6 is 0 Å². The summed E-state index contributed by atoms with van der Waals surface area (Å²) in [6, 6.07) is 7.41. The van der Waals surface area contributed by atoms with Gasteiger partial charge in [0.25, 0.3) is 0 Å². The molecule has 4 unspecified atom stereocenters. The minimum absolute atomic E-state index is 0.0854. The van der Waals surface area contributed by atoms with E-state index in [4.69, 9.17) is 10.1 Å². The van der Waals surface area contributed by atoms with Gasteiger partial charge in [-0.2, -0.15) is 0 Å². The summed E-state index contributed by atoms with van der Waals surface area (Å²) >= 11 is 0. The molecule has 1 amide bonds. The summed E-state index contributed by atoms with van der Waals surface area (Å²) in [5.74, 6) is 0.690. The minimum atomic E-state index is -0.200. The second-order valence-electron chi connectivity index (χ2n) is 11.6. The first-order valence-electron chi connectivity index (χ1n) is 11.9. The first-order chi connectivity index (χ1) is 14.7. The molecule has 4 aliphatic heterocycles. The molecular weight excluding hydrogens is 388 g/mol. The highest BCUT2D eigenvalue weighted by atomic mass is 16.6. The summed E-state index contributed by atoms with van der Waals surface area (Å²) in [6.45, 7) is 7.29. The number of hydrogen-bond donors (Lipinski definition) is 1. The van der Waals surface area contributed by atoms with Crippen molar-refractivity contribution in [3.8, 4) is 5.75 Å². The van der Waals surface area contributed by atoms with Gasteiger partial charge in [0.1, 0.15) is 17.8 Å². The van der Waals surface area contributed by atoms with Crippen molar-refractivity contribution in [1.82, 2.24) is 9.80 Å². The van der Waals surface area contributed by atoms with Crippen LogP contribution in [0.15, 0.2) is 18.2 Å². The molecule has 4 atom stereocenters. The average Bonchev–Trinajstić information content (AvgIpc) is 2.99. The maximum atomic E-state index is 12.6. The number of nitrogens with zero attached hydrogens (tertiary/aromatic N) is 3. The van der Waals surface area contributed by atoms with Gasteiger partial charge in [0.2, 0.25) is 0 Å². The van der Waals surface area contributed by atoms with Crippen molar-refractivity contribution in [1.29, 1.82) is 5.41 Å². The largest absolute Gasteiger partial charge is 0.415 e. The van der Waals surface area contributed by atoms with Crippen molar-refractivity contribution in [3.05, 3.63) is 29.3 Å². The molecule has 5 aliphatic rings. The topological polar surface area (TPSA) is 56.6 Å². The number of quaternary nitrogens is 1. The number of fused-ring (bicyclic) bond motifs is 5. The Labute approximate surface area is 185 Å². The molecule has 31 heavy (non-hydrogen) atoms. The Kier molecular flexibility index (Phi) is 4.02. The van der Waals surface area contributed by atoms with Crippen LogP contribution in [-0.2, 0) is 6.42 Å². The van der Waals surface area contributed by atoms with E-state index in [1.54, 1.807) is 0 Å². The molecule has 4 heterocycles. The quantitative estimate of drug-likeness (QED) is 0.704. The lowest BCUT2D eigenvalue weighted by atomic mass is 9.69. The smallest absolute Gasteiger partial charge is 0.410 e. The maximum Gasteiger partial charge on any atom is 0.415 e. The third kappa shape index (κ3) is 2.70. The van der Waals surface area contributed by atoms with Crippen molar-refractivity contribution in [3.63, 3.8) is 0 Å². The summed E-state index contributed by atoms with van der Waals surface area (Å²) in [5, 5.41) is 8.54. The van der Waals surface area contributed by atoms with Crippen LogP contribution in [0.1, 0.15) is 49.8 Å². The monoisotopic (exact) mass is 423 g/mol. The lowest BCUT2D eigenvalue weighted by molar-refractivity contribution is -0.974. The van der Waals surface area contributed by atoms with E-state index in [2.05, 4.69) is 38.1 Å². The summed E-state index contributed by atoms with van der Waals surface area (Å²) in [4.78, 5) is 16.8. The Bertz CT molecular complexity index is 962. The number of piperidine rings is 1. The van der Waals surface area contributed by atoms with Gasteiger partial charge < -0.3 is 24.4 Å². The van der Waals surface area contributed by atoms with Crippen LogP contribution in [0.4, 0.5) is 4.79 Å². The number of ether oxygens (including phenoxy) is 1. The van der Waals surface area contributed by atoms with Gasteiger partial charge in [-0.25, -0.2) is 4.79 Å². The molecule has 3 saturated heterocycles. The number of likely N-dealkylation sites (tertiary alicyclic amines) is 2. The third-order valence-corrected chi connectivity index (χ3v) is 9.52. The van der Waals surface area contributed by atoms with Crippen LogP contribution < -0.4 is 4.74 Å². The van der Waals surface area contributed by atoms with Gasteiger partial charge in [-0.15, -0.1) is 0 Å². The van der Waals surface area contributed by atoms with Crippen molar-refractivity contribution in [2.75, 3.05) is 46.8 Å². The van der Waals surface area contributed by atoms with Crippen molar-refractivity contribution in [2.45, 2.75) is 51.1 Å². The van der Waals surface area contributed by atoms with Gasteiger partial charge in [0, 0.05) is 62.1 Å². The third-order valence-electron chi connectivity index (χ3n) is 9.52. The molecule has 1 aromatic carbocycles. The predicted octanol–water partition coefficient (Wildman–Crippen LogP) is 3.46. The molecule has 1 saturated carbocycles. The van der Waals surface area contributed by atoms with E-state index in [1.165, 1.54) is 11.1 Å². The molecule has 1 N–H and O–H groups in total. The molecule has 0 bridgehead atoms. The van der Waals surface area contributed by atoms with E-state index in [-0.39, 0.29) is 11.5 Å². The molecule has 0 radical (unpaired) electrons. The molecule has 6 heteroatoms. The van der Waals surface area contributed by atoms with Gasteiger partial charge >= 0.3 is 6.09 Å². The minimum Gasteiger partial charge on any atom is -0.410 e. The molecule has 1 spiro atoms. The summed E-state index contributed by atoms with van der Waals surface area (Å²) < 4.78 is 6.85. The van der Waals surface area contributed by atoms with Gasteiger partial charge in [-0.05, 0) is 50.6 Å². The Hall–Kier alpha value is -1.92. The normalized spacial score (nSPS) is 38.0. The van der Waals surface area contributed by atoms with E-state index in [0.29, 0.717) is 23.2 Å². The molecule has 0 aromatic heterocycles. The Morgan fingerprint density at radius 1 is 1.19 bits per heavy atom. The number of nitrogens with one attached hydrogen (secondary N) is 1. The lowest BCUT2D eigenvalue weighted by Crippen LogP contribution is -2.72. The number of likely N-dealkylation sites (N-methyl/N-ethyl adjacent to an activating group) is 1. The van der Waals surface area contributed by atoms with Crippen LogP contribution in [0.25, 0.3) is 0 Å². The summed E-state index contributed by atoms with van der Waals surface area (Å²) in [6.07, 6.45) is 5.21. The Morgan fingerprint density at radius 2 is 1.97 bits per heavy atom. The van der Waals surface area contributed by atoms with Crippen molar-refractivity contribution >= 4 is 11.8 Å². The molecule has 1 aromatic rings. The number of rotatable bonds is 1. The second kappa shape index (κ2) is 6.32. The van der Waals surface area contributed by atoms with Crippen molar-refractivity contribution < 1.29 is 14.0 Å². The first kappa shape index (κ1) is 19.7. The highest BCUT2D eigenvalue weighted by molar-refractivity contribution is 5.90. The summed E-state index contributed by atoms with van der Waals surface area (Å²) in [7, 11) is 4.56. The van der Waals surface area contributed by atoms with Gasteiger partial charge in [-0.3, -0.25) is 0 Å². The first-order valence-corrected chi connectivity index (χ1v) is 11.9. The average molecular weight is 424 g/mol.